The molecule has 1 amide bonds. The second kappa shape index (κ2) is 10.3. The van der Waals surface area contributed by atoms with E-state index in [0.29, 0.717) is 62.1 Å². The molecule has 0 bridgehead atoms. The van der Waals surface area contributed by atoms with E-state index in [2.05, 4.69) is 48.6 Å². The van der Waals surface area contributed by atoms with Crippen molar-refractivity contribution in [2.45, 2.75) is 71.3 Å². The van der Waals surface area contributed by atoms with Gasteiger partial charge in [-0.2, -0.15) is 5.10 Å². The Hall–Kier alpha value is -2.99. The number of hydrogen-bond donors (Lipinski definition) is 1. The number of piperidine rings is 1. The third-order valence-electron chi connectivity index (χ3n) is 6.07. The van der Waals surface area contributed by atoms with Crippen LogP contribution in [-0.4, -0.2) is 79.3 Å². The number of aromatic nitrogens is 6. The van der Waals surface area contributed by atoms with E-state index in [-0.39, 0.29) is 12.1 Å². The summed E-state index contributed by atoms with van der Waals surface area (Å²) in [6.45, 7) is 13.1. The second-order valence-corrected chi connectivity index (χ2v) is 16.1. The van der Waals surface area contributed by atoms with Gasteiger partial charge < -0.3 is 24.0 Å². The van der Waals surface area contributed by atoms with Crippen LogP contribution in [0.15, 0.2) is 18.7 Å². The summed E-state index contributed by atoms with van der Waals surface area (Å²) >= 11 is 0. The Bertz CT molecular complexity index is 1160. The number of hydrogen-bond acceptors (Lipinski definition) is 7. The van der Waals surface area contributed by atoms with Crippen LogP contribution in [0.25, 0.3) is 22.6 Å². The first-order valence-electron chi connectivity index (χ1n) is 12.1. The highest BCUT2D eigenvalue weighted by atomic mass is 28.3. The zero-order chi connectivity index (χ0) is 25.2. The van der Waals surface area contributed by atoms with Crippen molar-refractivity contribution < 1.29 is 19.4 Å². The fourth-order valence-corrected chi connectivity index (χ4v) is 4.81. The van der Waals surface area contributed by atoms with Crippen LogP contribution in [0.5, 0.6) is 5.88 Å². The van der Waals surface area contributed by atoms with Gasteiger partial charge in [-0.05, 0) is 19.9 Å². The molecule has 0 spiro atoms. The van der Waals surface area contributed by atoms with Crippen molar-refractivity contribution in [3.63, 3.8) is 0 Å². The molecule has 0 unspecified atom stereocenters. The molecule has 35 heavy (non-hydrogen) atoms. The van der Waals surface area contributed by atoms with E-state index in [1.54, 1.807) is 12.5 Å². The Labute approximate surface area is 206 Å². The number of carboxylic acid groups (broad SMARTS) is 1. The van der Waals surface area contributed by atoms with E-state index >= 15 is 0 Å². The number of ether oxygens (including phenoxy) is 2. The summed E-state index contributed by atoms with van der Waals surface area (Å²) in [4.78, 5) is 26.6. The molecule has 1 N–H and O–H groups in total. The van der Waals surface area contributed by atoms with Crippen LogP contribution in [0.1, 0.15) is 32.7 Å². The highest BCUT2D eigenvalue weighted by Crippen LogP contribution is 2.30. The molecule has 190 valence electrons. The normalized spacial score (nSPS) is 15.3. The van der Waals surface area contributed by atoms with Gasteiger partial charge in [0.15, 0.2) is 11.5 Å². The third kappa shape index (κ3) is 5.99. The van der Waals surface area contributed by atoms with Gasteiger partial charge in [0.1, 0.15) is 24.7 Å². The number of fused-ring (bicyclic) bond motifs is 1. The standard InChI is InChI=1S/C23H35N7O4Si/c1-16(2)30-21(25-14-26-30)18-13-29(15-33-10-11-35(3,4)5)22-20(18)27-19(12-24-22)34-17-6-8-28(9-7-17)23(31)32/h12-14,16-17H,6-11,15H2,1-5H3,(H,31,32). The van der Waals surface area contributed by atoms with Crippen molar-refractivity contribution in [2.75, 3.05) is 19.7 Å². The number of rotatable bonds is 9. The summed E-state index contributed by atoms with van der Waals surface area (Å²) in [6, 6.07) is 1.22. The van der Waals surface area contributed by atoms with Crippen molar-refractivity contribution in [2.24, 2.45) is 0 Å². The molecule has 1 saturated heterocycles. The van der Waals surface area contributed by atoms with Crippen LogP contribution >= 0.6 is 0 Å². The van der Waals surface area contributed by atoms with Crippen molar-refractivity contribution >= 4 is 25.3 Å². The number of carbonyl (C=O) groups is 1. The summed E-state index contributed by atoms with van der Waals surface area (Å²) in [7, 11) is -1.18. The van der Waals surface area contributed by atoms with E-state index in [4.69, 9.17) is 14.5 Å². The van der Waals surface area contributed by atoms with Crippen molar-refractivity contribution in [1.29, 1.82) is 0 Å². The van der Waals surface area contributed by atoms with Crippen LogP contribution in [-0.2, 0) is 11.5 Å². The lowest BCUT2D eigenvalue weighted by Crippen LogP contribution is -2.41. The number of amides is 1. The topological polar surface area (TPSA) is 120 Å². The molecule has 1 aliphatic heterocycles. The van der Waals surface area contributed by atoms with Gasteiger partial charge in [-0.15, -0.1) is 0 Å². The molecular formula is C23H35N7O4Si. The average molecular weight is 502 g/mol. The first kappa shape index (κ1) is 25.1. The van der Waals surface area contributed by atoms with Crippen LogP contribution < -0.4 is 4.74 Å². The van der Waals surface area contributed by atoms with Crippen LogP contribution in [0.3, 0.4) is 0 Å². The fraction of sp³-hybridized carbons (Fsp3) is 0.609. The molecule has 3 aromatic heterocycles. The van der Waals surface area contributed by atoms with Crippen LogP contribution in [0, 0.1) is 0 Å². The Morgan fingerprint density at radius 1 is 1.23 bits per heavy atom. The lowest BCUT2D eigenvalue weighted by molar-refractivity contribution is 0.0865. The molecule has 0 aliphatic carbocycles. The second-order valence-electron chi connectivity index (χ2n) is 10.4. The molecule has 0 radical (unpaired) electrons. The summed E-state index contributed by atoms with van der Waals surface area (Å²) in [6.07, 6.45) is 5.38. The minimum Gasteiger partial charge on any atom is -0.473 e. The molecule has 0 saturated carbocycles. The third-order valence-corrected chi connectivity index (χ3v) is 7.78. The highest BCUT2D eigenvalue weighted by Gasteiger charge is 2.25. The minimum absolute atomic E-state index is 0.105. The van der Waals surface area contributed by atoms with Gasteiger partial charge in [0.25, 0.3) is 0 Å². The van der Waals surface area contributed by atoms with Gasteiger partial charge in [0, 0.05) is 52.9 Å². The van der Waals surface area contributed by atoms with E-state index < -0.39 is 14.2 Å². The van der Waals surface area contributed by atoms with Crippen molar-refractivity contribution in [1.82, 2.24) is 34.2 Å². The van der Waals surface area contributed by atoms with Crippen LogP contribution in [0.4, 0.5) is 4.79 Å². The summed E-state index contributed by atoms with van der Waals surface area (Å²) in [5.74, 6) is 1.13. The maximum atomic E-state index is 11.2. The van der Waals surface area contributed by atoms with Gasteiger partial charge in [-0.3, -0.25) is 0 Å². The SMILES string of the molecule is CC(C)n1ncnc1-c1cn(COCC[Si](C)(C)C)c2ncc(OC3CCN(C(=O)O)CC3)nc12. The zero-order valence-electron chi connectivity index (χ0n) is 21.1. The maximum Gasteiger partial charge on any atom is 0.407 e. The molecule has 4 rings (SSSR count). The van der Waals surface area contributed by atoms with Gasteiger partial charge in [0.2, 0.25) is 5.88 Å². The highest BCUT2D eigenvalue weighted by molar-refractivity contribution is 6.76. The monoisotopic (exact) mass is 501 g/mol. The fourth-order valence-electron chi connectivity index (χ4n) is 4.05. The lowest BCUT2D eigenvalue weighted by Gasteiger charge is -2.29. The molecule has 0 aromatic carbocycles. The predicted octanol–water partition coefficient (Wildman–Crippen LogP) is 4.10. The van der Waals surface area contributed by atoms with Crippen molar-refractivity contribution in [3.05, 3.63) is 18.7 Å². The first-order chi connectivity index (χ1) is 16.6. The van der Waals surface area contributed by atoms with E-state index in [9.17, 15) is 9.90 Å². The molecule has 0 atom stereocenters. The zero-order valence-corrected chi connectivity index (χ0v) is 22.1. The molecule has 11 nitrogen and oxygen atoms in total. The van der Waals surface area contributed by atoms with Gasteiger partial charge in [0.05, 0.1) is 11.8 Å². The minimum atomic E-state index is -1.18. The average Bonchev–Trinajstić information content (AvgIpc) is 3.41. The Morgan fingerprint density at radius 3 is 2.63 bits per heavy atom. The Kier molecular flexibility index (Phi) is 7.41. The quantitative estimate of drug-likeness (QED) is 0.344. The summed E-state index contributed by atoms with van der Waals surface area (Å²) < 4.78 is 15.9. The first-order valence-corrected chi connectivity index (χ1v) is 15.8. The molecule has 3 aromatic rings. The molecular weight excluding hydrogens is 466 g/mol. The Morgan fingerprint density at radius 2 is 1.97 bits per heavy atom. The van der Waals surface area contributed by atoms with E-state index in [0.717, 1.165) is 11.6 Å². The maximum absolute atomic E-state index is 11.2. The predicted molar refractivity (Wildman–Crippen MR) is 134 cm³/mol. The Balaban J connectivity index is 1.60. The van der Waals surface area contributed by atoms with E-state index in [1.807, 2.05) is 15.4 Å². The number of nitrogens with zero attached hydrogens (tertiary/aromatic N) is 7. The molecule has 1 fully saturated rings. The largest absolute Gasteiger partial charge is 0.473 e. The van der Waals surface area contributed by atoms with Crippen molar-refractivity contribution in [3.8, 4) is 17.3 Å². The summed E-state index contributed by atoms with van der Waals surface area (Å²) in [5.41, 5.74) is 2.19. The molecule has 12 heteroatoms. The van der Waals surface area contributed by atoms with Crippen LogP contribution in [0.2, 0.25) is 25.7 Å². The molecule has 4 heterocycles. The summed E-state index contributed by atoms with van der Waals surface area (Å²) in [5, 5.41) is 13.6. The number of likely N-dealkylation sites (tertiary alicyclic amines) is 1. The smallest absolute Gasteiger partial charge is 0.407 e. The lowest BCUT2D eigenvalue weighted by atomic mass is 10.1. The van der Waals surface area contributed by atoms with Gasteiger partial charge >= 0.3 is 6.09 Å². The van der Waals surface area contributed by atoms with E-state index in [1.165, 1.54) is 4.90 Å². The van der Waals surface area contributed by atoms with Gasteiger partial charge in [-0.1, -0.05) is 19.6 Å². The van der Waals surface area contributed by atoms with Gasteiger partial charge in [-0.25, -0.2) is 24.4 Å². The molecule has 1 aliphatic rings.